The summed E-state index contributed by atoms with van der Waals surface area (Å²) in [5.41, 5.74) is 29.7. The van der Waals surface area contributed by atoms with Gasteiger partial charge in [0.05, 0.1) is 24.8 Å². The Morgan fingerprint density at radius 3 is 1.67 bits per heavy atom. The zero-order chi connectivity index (χ0) is 24.6. The summed E-state index contributed by atoms with van der Waals surface area (Å²) in [4.78, 5) is 0. The summed E-state index contributed by atoms with van der Waals surface area (Å²) in [5.74, 6) is 0. The van der Waals surface area contributed by atoms with Crippen LogP contribution in [0.3, 0.4) is 0 Å². The molecule has 33 heavy (non-hydrogen) atoms. The van der Waals surface area contributed by atoms with Crippen LogP contribution in [0.2, 0.25) is 0 Å². The van der Waals surface area contributed by atoms with Crippen molar-refractivity contribution in [3.05, 3.63) is 0 Å². The van der Waals surface area contributed by atoms with Gasteiger partial charge in [0.15, 0.2) is 12.6 Å². The Labute approximate surface area is 190 Å². The molecule has 15 heteroatoms. The highest BCUT2D eigenvalue weighted by Crippen LogP contribution is 2.31. The molecule has 2 heterocycles. The summed E-state index contributed by atoms with van der Waals surface area (Å²) in [6.45, 7) is -0.745. The van der Waals surface area contributed by atoms with E-state index in [4.69, 9.17) is 47.6 Å². The maximum absolute atomic E-state index is 10.7. The Balaban J connectivity index is 1.80. The molecule has 3 rings (SSSR count). The van der Waals surface area contributed by atoms with E-state index in [9.17, 15) is 30.6 Å². The standard InChI is InChI=1S/C18H37N5O10/c19-2-6-11(26)13(28)8(22)17(30-6)32-15-5(21)1-4(20)10(25)16(15)33-18-9(23)14(29)12(27)7(3-24)31-18/h4-18,24-29H,1-3,19-23H2/t4-,5+,6-,7-,8-,9-,10+,11-,12-,13-,14-,15-,16-,17-,18+/m1/s1. The molecule has 16 N–H and O–H groups in total. The summed E-state index contributed by atoms with van der Waals surface area (Å²) in [6, 6.07) is -4.00. The maximum Gasteiger partial charge on any atom is 0.176 e. The van der Waals surface area contributed by atoms with Crippen molar-refractivity contribution in [1.29, 1.82) is 0 Å². The van der Waals surface area contributed by atoms with Crippen LogP contribution < -0.4 is 28.7 Å². The van der Waals surface area contributed by atoms with Crippen LogP contribution in [0.25, 0.3) is 0 Å². The average molecular weight is 484 g/mol. The minimum atomic E-state index is -1.49. The molecule has 0 unspecified atom stereocenters. The molecule has 15 nitrogen and oxygen atoms in total. The monoisotopic (exact) mass is 483 g/mol. The summed E-state index contributed by atoms with van der Waals surface area (Å²) in [5, 5.41) is 60.7. The molecule has 15 atom stereocenters. The molecule has 2 saturated heterocycles. The number of aliphatic hydroxyl groups is 6. The normalized spacial score (nSPS) is 53.7. The SMILES string of the molecule is NC[C@H]1O[C@H](O[C@H]2[C@H](O[C@@H]3O[C@H](CO)[C@@H](O)[C@H](O)[C@H]3N)[C@@H](O)[C@H](N)C[C@@H]2N)[C@H](N)[C@@H](O)[C@@H]1O. The van der Waals surface area contributed by atoms with Crippen LogP contribution in [0.4, 0.5) is 0 Å². The number of hydrogen-bond donors (Lipinski definition) is 11. The smallest absolute Gasteiger partial charge is 0.176 e. The van der Waals surface area contributed by atoms with Crippen LogP contribution in [0.5, 0.6) is 0 Å². The van der Waals surface area contributed by atoms with Gasteiger partial charge in [-0.05, 0) is 6.42 Å². The van der Waals surface area contributed by atoms with Crippen molar-refractivity contribution < 1.29 is 49.6 Å². The van der Waals surface area contributed by atoms with E-state index in [1.165, 1.54) is 0 Å². The molecule has 0 bridgehead atoms. The third kappa shape index (κ3) is 5.32. The molecular weight excluding hydrogens is 446 g/mol. The van der Waals surface area contributed by atoms with Gasteiger partial charge < -0.3 is 78.3 Å². The first kappa shape index (κ1) is 27.0. The second-order valence-electron chi connectivity index (χ2n) is 8.88. The maximum atomic E-state index is 10.7. The van der Waals surface area contributed by atoms with E-state index in [0.29, 0.717) is 0 Å². The average Bonchev–Trinajstić information content (AvgIpc) is 2.79. The molecule has 0 aromatic heterocycles. The molecule has 1 saturated carbocycles. The highest BCUT2D eigenvalue weighted by molar-refractivity contribution is 5.02. The number of ether oxygens (including phenoxy) is 4. The number of aliphatic hydroxyl groups excluding tert-OH is 6. The zero-order valence-electron chi connectivity index (χ0n) is 18.0. The summed E-state index contributed by atoms with van der Waals surface area (Å²) < 4.78 is 22.8. The van der Waals surface area contributed by atoms with Crippen molar-refractivity contribution in [1.82, 2.24) is 0 Å². The van der Waals surface area contributed by atoms with Gasteiger partial charge in [-0.25, -0.2) is 0 Å². The minimum Gasteiger partial charge on any atom is -0.394 e. The third-order valence-electron chi connectivity index (χ3n) is 6.56. The molecule has 0 radical (unpaired) electrons. The fourth-order valence-electron chi connectivity index (χ4n) is 4.41. The van der Waals surface area contributed by atoms with Gasteiger partial charge in [0.1, 0.15) is 48.8 Å². The lowest BCUT2D eigenvalue weighted by Gasteiger charge is -2.48. The van der Waals surface area contributed by atoms with Crippen LogP contribution in [0.15, 0.2) is 0 Å². The van der Waals surface area contributed by atoms with Crippen LogP contribution >= 0.6 is 0 Å². The molecular formula is C18H37N5O10. The highest BCUT2D eigenvalue weighted by atomic mass is 16.7. The Kier molecular flexibility index (Phi) is 8.99. The van der Waals surface area contributed by atoms with E-state index in [0.717, 1.165) is 0 Å². The van der Waals surface area contributed by atoms with E-state index >= 15 is 0 Å². The van der Waals surface area contributed by atoms with Crippen molar-refractivity contribution >= 4 is 0 Å². The van der Waals surface area contributed by atoms with Crippen molar-refractivity contribution in [3.8, 4) is 0 Å². The van der Waals surface area contributed by atoms with Crippen molar-refractivity contribution in [3.63, 3.8) is 0 Å². The van der Waals surface area contributed by atoms with Gasteiger partial charge in [-0.1, -0.05) is 0 Å². The lowest BCUT2D eigenvalue weighted by atomic mass is 9.84. The number of hydrogen-bond acceptors (Lipinski definition) is 15. The van der Waals surface area contributed by atoms with Crippen molar-refractivity contribution in [2.45, 2.75) is 98.1 Å². The molecule has 0 spiro atoms. The van der Waals surface area contributed by atoms with Crippen molar-refractivity contribution in [2.24, 2.45) is 28.7 Å². The Morgan fingerprint density at radius 2 is 1.15 bits per heavy atom. The summed E-state index contributed by atoms with van der Waals surface area (Å²) >= 11 is 0. The van der Waals surface area contributed by atoms with E-state index in [2.05, 4.69) is 0 Å². The van der Waals surface area contributed by atoms with Gasteiger partial charge in [0, 0.05) is 18.6 Å². The van der Waals surface area contributed by atoms with Crippen LogP contribution in [-0.4, -0.2) is 135 Å². The molecule has 3 fully saturated rings. The third-order valence-corrected chi connectivity index (χ3v) is 6.56. The molecule has 0 aromatic carbocycles. The second kappa shape index (κ2) is 11.0. The molecule has 0 amide bonds. The Morgan fingerprint density at radius 1 is 0.667 bits per heavy atom. The van der Waals surface area contributed by atoms with Crippen LogP contribution in [-0.2, 0) is 18.9 Å². The minimum absolute atomic E-state index is 0.123. The molecule has 194 valence electrons. The van der Waals surface area contributed by atoms with E-state index < -0.39 is 98.3 Å². The highest BCUT2D eigenvalue weighted by Gasteiger charge is 2.51. The van der Waals surface area contributed by atoms with Gasteiger partial charge in [0.25, 0.3) is 0 Å². The van der Waals surface area contributed by atoms with Crippen LogP contribution in [0, 0.1) is 0 Å². The van der Waals surface area contributed by atoms with Gasteiger partial charge >= 0.3 is 0 Å². The molecule has 0 aromatic rings. The lowest BCUT2D eigenvalue weighted by molar-refractivity contribution is -0.324. The fourth-order valence-corrected chi connectivity index (χ4v) is 4.41. The first-order valence-electron chi connectivity index (χ1n) is 10.9. The first-order valence-corrected chi connectivity index (χ1v) is 10.9. The zero-order valence-corrected chi connectivity index (χ0v) is 18.0. The Bertz CT molecular complexity index is 635. The topological polar surface area (TPSA) is 288 Å². The molecule has 1 aliphatic carbocycles. The fraction of sp³-hybridized carbons (Fsp3) is 1.00. The quantitative estimate of drug-likeness (QED) is 0.167. The molecule has 3 aliphatic rings. The van der Waals surface area contributed by atoms with Gasteiger partial charge in [-0.3, -0.25) is 0 Å². The number of rotatable bonds is 6. The predicted octanol–water partition coefficient (Wildman–Crippen LogP) is -7.33. The first-order chi connectivity index (χ1) is 15.5. The van der Waals surface area contributed by atoms with Gasteiger partial charge in [-0.15, -0.1) is 0 Å². The van der Waals surface area contributed by atoms with E-state index in [-0.39, 0.29) is 13.0 Å². The molecule has 2 aliphatic heterocycles. The largest absolute Gasteiger partial charge is 0.394 e. The second-order valence-corrected chi connectivity index (χ2v) is 8.88. The predicted molar refractivity (Wildman–Crippen MR) is 110 cm³/mol. The number of nitrogens with two attached hydrogens (primary N) is 5. The van der Waals surface area contributed by atoms with E-state index in [1.807, 2.05) is 0 Å². The summed E-state index contributed by atoms with van der Waals surface area (Å²) in [6.07, 6.45) is -14.0. The van der Waals surface area contributed by atoms with E-state index in [1.54, 1.807) is 0 Å². The summed E-state index contributed by atoms with van der Waals surface area (Å²) in [7, 11) is 0. The Hall–Kier alpha value is -0.600. The van der Waals surface area contributed by atoms with Gasteiger partial charge in [0.2, 0.25) is 0 Å². The van der Waals surface area contributed by atoms with Crippen molar-refractivity contribution in [2.75, 3.05) is 13.2 Å². The van der Waals surface area contributed by atoms with Crippen LogP contribution in [0.1, 0.15) is 6.42 Å². The lowest BCUT2D eigenvalue weighted by Crippen LogP contribution is -2.69. The van der Waals surface area contributed by atoms with Gasteiger partial charge in [-0.2, -0.15) is 0 Å².